The molecule has 0 N–H and O–H groups in total. The van der Waals surface area contributed by atoms with Crippen LogP contribution in [0, 0.1) is 5.92 Å². The van der Waals surface area contributed by atoms with Gasteiger partial charge in [0.15, 0.2) is 0 Å². The molecule has 2 aliphatic heterocycles. The first-order chi connectivity index (χ1) is 12.1. The van der Waals surface area contributed by atoms with Crippen molar-refractivity contribution in [1.82, 2.24) is 9.80 Å². The summed E-state index contributed by atoms with van der Waals surface area (Å²) in [7, 11) is 1.67. The number of benzene rings is 1. The molecule has 0 aromatic heterocycles. The Morgan fingerprint density at radius 1 is 1.20 bits per heavy atom. The Hall–Kier alpha value is -1.01. The van der Waals surface area contributed by atoms with E-state index in [1.54, 1.807) is 7.11 Å². The highest BCUT2D eigenvalue weighted by Crippen LogP contribution is 2.30. The molecular formula is C18H25Cl2N3O2. The highest BCUT2D eigenvalue weighted by molar-refractivity contribution is 6.35. The number of carbonyl (C=O) groups excluding carboxylic acids is 1. The highest BCUT2D eigenvalue weighted by atomic mass is 35.5. The summed E-state index contributed by atoms with van der Waals surface area (Å²) in [6.45, 7) is 6.94. The van der Waals surface area contributed by atoms with E-state index in [4.69, 9.17) is 27.9 Å². The van der Waals surface area contributed by atoms with Crippen LogP contribution in [0.2, 0.25) is 10.0 Å². The largest absolute Gasteiger partial charge is 0.383 e. The number of hydrogen-bond acceptors (Lipinski definition) is 4. The lowest BCUT2D eigenvalue weighted by molar-refractivity contribution is -0.128. The maximum absolute atomic E-state index is 12.1. The summed E-state index contributed by atoms with van der Waals surface area (Å²) in [5.74, 6) is 0.678. The normalized spacial score (nSPS) is 22.0. The van der Waals surface area contributed by atoms with Crippen molar-refractivity contribution >= 4 is 34.8 Å². The predicted octanol–water partition coefficient (Wildman–Crippen LogP) is 2.61. The third-order valence-electron chi connectivity index (χ3n) is 5.00. The summed E-state index contributed by atoms with van der Waals surface area (Å²) < 4.78 is 5.08. The zero-order valence-electron chi connectivity index (χ0n) is 14.6. The molecule has 25 heavy (non-hydrogen) atoms. The van der Waals surface area contributed by atoms with Crippen molar-refractivity contribution in [1.29, 1.82) is 0 Å². The molecule has 1 amide bonds. The summed E-state index contributed by atoms with van der Waals surface area (Å²) in [5, 5.41) is 1.45. The summed E-state index contributed by atoms with van der Waals surface area (Å²) in [6, 6.07) is 5.60. The first-order valence-corrected chi connectivity index (χ1v) is 9.51. The van der Waals surface area contributed by atoms with E-state index in [-0.39, 0.29) is 5.91 Å². The number of halogens is 2. The monoisotopic (exact) mass is 385 g/mol. The molecule has 0 spiro atoms. The van der Waals surface area contributed by atoms with Crippen molar-refractivity contribution in [2.24, 2.45) is 5.92 Å². The molecule has 2 saturated heterocycles. The van der Waals surface area contributed by atoms with E-state index in [0.29, 0.717) is 30.5 Å². The number of amides is 1. The highest BCUT2D eigenvalue weighted by Gasteiger charge is 2.31. The van der Waals surface area contributed by atoms with Crippen molar-refractivity contribution in [3.63, 3.8) is 0 Å². The Morgan fingerprint density at radius 2 is 1.96 bits per heavy atom. The SMILES string of the molecule is COCCN1CC(CN2CCN(c3cc(Cl)ccc3Cl)CC2)CC1=O. The summed E-state index contributed by atoms with van der Waals surface area (Å²) >= 11 is 12.4. The van der Waals surface area contributed by atoms with Gasteiger partial charge in [-0.05, 0) is 24.1 Å². The molecule has 2 fully saturated rings. The minimum atomic E-state index is 0.256. The number of piperazine rings is 1. The smallest absolute Gasteiger partial charge is 0.223 e. The molecule has 1 unspecified atom stereocenters. The van der Waals surface area contributed by atoms with Crippen LogP contribution < -0.4 is 4.90 Å². The van der Waals surface area contributed by atoms with Gasteiger partial charge in [-0.1, -0.05) is 23.2 Å². The third-order valence-corrected chi connectivity index (χ3v) is 5.55. The van der Waals surface area contributed by atoms with E-state index >= 15 is 0 Å². The fourth-order valence-corrected chi connectivity index (χ4v) is 4.06. The van der Waals surface area contributed by atoms with Crippen molar-refractivity contribution in [2.75, 3.05) is 64.4 Å². The quantitative estimate of drug-likeness (QED) is 0.753. The van der Waals surface area contributed by atoms with Crippen molar-refractivity contribution in [3.8, 4) is 0 Å². The van der Waals surface area contributed by atoms with E-state index in [0.717, 1.165) is 50.0 Å². The maximum Gasteiger partial charge on any atom is 0.223 e. The summed E-state index contributed by atoms with van der Waals surface area (Å²) in [6.07, 6.45) is 0.657. The molecule has 2 aliphatic rings. The first kappa shape index (κ1) is 18.8. The zero-order valence-corrected chi connectivity index (χ0v) is 16.1. The second-order valence-corrected chi connectivity index (χ2v) is 7.63. The molecule has 0 aliphatic carbocycles. The number of likely N-dealkylation sites (tertiary alicyclic amines) is 1. The van der Waals surface area contributed by atoms with Crippen LogP contribution >= 0.6 is 23.2 Å². The van der Waals surface area contributed by atoms with Gasteiger partial charge in [0.05, 0.1) is 17.3 Å². The van der Waals surface area contributed by atoms with Gasteiger partial charge in [-0.15, -0.1) is 0 Å². The lowest BCUT2D eigenvalue weighted by atomic mass is 10.1. The van der Waals surface area contributed by atoms with E-state index in [2.05, 4.69) is 9.80 Å². The fourth-order valence-electron chi connectivity index (χ4n) is 3.66. The Kier molecular flexibility index (Phi) is 6.44. The Balaban J connectivity index is 1.48. The van der Waals surface area contributed by atoms with E-state index in [1.165, 1.54) is 0 Å². The number of rotatable bonds is 6. The number of ether oxygens (including phenoxy) is 1. The second-order valence-electron chi connectivity index (χ2n) is 6.79. The van der Waals surface area contributed by atoms with Crippen LogP contribution in [0.3, 0.4) is 0 Å². The van der Waals surface area contributed by atoms with Crippen LogP contribution in [0.5, 0.6) is 0 Å². The summed E-state index contributed by atoms with van der Waals surface area (Å²) in [5.41, 5.74) is 1.01. The van der Waals surface area contributed by atoms with E-state index in [9.17, 15) is 4.79 Å². The van der Waals surface area contributed by atoms with Crippen LogP contribution in [0.25, 0.3) is 0 Å². The van der Waals surface area contributed by atoms with Crippen LogP contribution in [0.4, 0.5) is 5.69 Å². The minimum absolute atomic E-state index is 0.256. The molecule has 1 aromatic carbocycles. The van der Waals surface area contributed by atoms with Crippen molar-refractivity contribution in [2.45, 2.75) is 6.42 Å². The van der Waals surface area contributed by atoms with Gasteiger partial charge in [-0.25, -0.2) is 0 Å². The fraction of sp³-hybridized carbons (Fsp3) is 0.611. The molecule has 1 aromatic rings. The average molecular weight is 386 g/mol. The van der Waals surface area contributed by atoms with Crippen LogP contribution in [0.1, 0.15) is 6.42 Å². The van der Waals surface area contributed by atoms with Gasteiger partial charge in [0.25, 0.3) is 0 Å². The first-order valence-electron chi connectivity index (χ1n) is 8.76. The topological polar surface area (TPSA) is 36.0 Å². The average Bonchev–Trinajstić information content (AvgIpc) is 2.95. The standard InChI is InChI=1S/C18H25Cl2N3O2/c1-25-9-8-23-13-14(10-18(23)24)12-21-4-6-22(7-5-21)17-11-15(19)2-3-16(17)20/h2-3,11,14H,4-10,12-13H2,1H3. The van der Waals surface area contributed by atoms with Gasteiger partial charge in [0, 0.05) is 64.4 Å². The van der Waals surface area contributed by atoms with Gasteiger partial charge in [0.2, 0.25) is 5.91 Å². The molecule has 7 heteroatoms. The number of anilines is 1. The van der Waals surface area contributed by atoms with Gasteiger partial charge in [0.1, 0.15) is 0 Å². The second kappa shape index (κ2) is 8.58. The third kappa shape index (κ3) is 4.79. The number of methoxy groups -OCH3 is 1. The maximum atomic E-state index is 12.1. The van der Waals surface area contributed by atoms with E-state index in [1.807, 2.05) is 23.1 Å². The molecule has 0 saturated carbocycles. The van der Waals surface area contributed by atoms with E-state index < -0.39 is 0 Å². The molecule has 0 radical (unpaired) electrons. The minimum Gasteiger partial charge on any atom is -0.383 e. The summed E-state index contributed by atoms with van der Waals surface area (Å²) in [4.78, 5) is 18.7. The van der Waals surface area contributed by atoms with Gasteiger partial charge < -0.3 is 14.5 Å². The molecular weight excluding hydrogens is 361 g/mol. The van der Waals surface area contributed by atoms with Gasteiger partial charge in [-0.2, -0.15) is 0 Å². The van der Waals surface area contributed by atoms with Crippen LogP contribution in [0.15, 0.2) is 18.2 Å². The number of hydrogen-bond donors (Lipinski definition) is 0. The molecule has 3 rings (SSSR count). The number of nitrogens with zero attached hydrogens (tertiary/aromatic N) is 3. The molecule has 5 nitrogen and oxygen atoms in total. The molecule has 138 valence electrons. The number of carbonyl (C=O) groups is 1. The van der Waals surface area contributed by atoms with Crippen LogP contribution in [-0.2, 0) is 9.53 Å². The van der Waals surface area contributed by atoms with Crippen LogP contribution in [-0.4, -0.2) is 75.2 Å². The Bertz CT molecular complexity index is 606. The molecule has 0 bridgehead atoms. The lowest BCUT2D eigenvalue weighted by Gasteiger charge is -2.37. The molecule has 1 atom stereocenters. The Labute approximate surface area is 159 Å². The van der Waals surface area contributed by atoms with Gasteiger partial charge >= 0.3 is 0 Å². The Morgan fingerprint density at radius 3 is 2.68 bits per heavy atom. The molecule has 2 heterocycles. The van der Waals surface area contributed by atoms with Crippen molar-refractivity contribution < 1.29 is 9.53 Å². The van der Waals surface area contributed by atoms with Crippen molar-refractivity contribution in [3.05, 3.63) is 28.2 Å². The predicted molar refractivity (Wildman–Crippen MR) is 102 cm³/mol. The lowest BCUT2D eigenvalue weighted by Crippen LogP contribution is -2.48. The van der Waals surface area contributed by atoms with Gasteiger partial charge in [-0.3, -0.25) is 9.69 Å². The zero-order chi connectivity index (χ0) is 17.8.